The number of ether oxygens (including phenoxy) is 1. The maximum absolute atomic E-state index is 9.09. The molecule has 0 aliphatic rings. The van der Waals surface area contributed by atoms with Gasteiger partial charge in [-0.25, -0.2) is 9.67 Å². The van der Waals surface area contributed by atoms with E-state index in [1.54, 1.807) is 18.0 Å². The summed E-state index contributed by atoms with van der Waals surface area (Å²) >= 11 is 0. The maximum Gasteiger partial charge on any atom is 0.236 e. The Kier molecular flexibility index (Phi) is 3.95. The lowest BCUT2D eigenvalue weighted by Crippen LogP contribution is -2.05. The average molecular weight is 334 g/mol. The van der Waals surface area contributed by atoms with Gasteiger partial charge in [-0.05, 0) is 42.3 Å². The Bertz CT molecular complexity index is 988. The zero-order valence-electron chi connectivity index (χ0n) is 13.8. The molecule has 25 heavy (non-hydrogen) atoms. The molecule has 0 fully saturated rings. The van der Waals surface area contributed by atoms with Crippen molar-refractivity contribution in [2.24, 2.45) is 0 Å². The van der Waals surface area contributed by atoms with E-state index in [1.807, 2.05) is 54.7 Å². The Morgan fingerprint density at radius 1 is 1.12 bits per heavy atom. The largest absolute Gasteiger partial charge is 0.497 e. The van der Waals surface area contributed by atoms with Gasteiger partial charge in [0, 0.05) is 30.8 Å². The summed E-state index contributed by atoms with van der Waals surface area (Å²) in [5.74, 6) is 1.48. The second kappa shape index (κ2) is 6.41. The molecule has 0 saturated carbocycles. The van der Waals surface area contributed by atoms with Crippen molar-refractivity contribution in [2.75, 3.05) is 13.7 Å². The molecule has 0 unspecified atom stereocenters. The molecule has 0 saturated heterocycles. The maximum atomic E-state index is 9.09. The molecule has 2 heterocycles. The van der Waals surface area contributed by atoms with Gasteiger partial charge >= 0.3 is 0 Å². The number of methoxy groups -OCH3 is 1. The Hall–Kier alpha value is -3.12. The molecule has 0 aliphatic carbocycles. The van der Waals surface area contributed by atoms with E-state index >= 15 is 0 Å². The minimum Gasteiger partial charge on any atom is -0.497 e. The van der Waals surface area contributed by atoms with Gasteiger partial charge in [0.2, 0.25) is 5.95 Å². The van der Waals surface area contributed by atoms with Crippen LogP contribution in [-0.4, -0.2) is 38.2 Å². The number of benzene rings is 2. The molecule has 0 radical (unpaired) electrons. The minimum absolute atomic E-state index is 0.145. The van der Waals surface area contributed by atoms with E-state index in [1.165, 1.54) is 0 Å². The Morgan fingerprint density at radius 3 is 2.64 bits per heavy atom. The summed E-state index contributed by atoms with van der Waals surface area (Å²) in [6, 6.07) is 15.8. The third-order valence-corrected chi connectivity index (χ3v) is 4.15. The van der Waals surface area contributed by atoms with Gasteiger partial charge in [0.05, 0.1) is 18.1 Å². The second-order valence-corrected chi connectivity index (χ2v) is 5.69. The van der Waals surface area contributed by atoms with Gasteiger partial charge in [-0.3, -0.25) is 4.57 Å². The van der Waals surface area contributed by atoms with Crippen molar-refractivity contribution in [3.8, 4) is 17.4 Å². The summed E-state index contributed by atoms with van der Waals surface area (Å²) in [5.41, 5.74) is 3.89. The van der Waals surface area contributed by atoms with Gasteiger partial charge in [-0.2, -0.15) is 5.10 Å². The fraction of sp³-hybridized carbons (Fsp3) is 0.158. The first kappa shape index (κ1) is 15.4. The fourth-order valence-electron chi connectivity index (χ4n) is 2.91. The first-order valence-corrected chi connectivity index (χ1v) is 8.07. The van der Waals surface area contributed by atoms with Crippen LogP contribution in [0.25, 0.3) is 22.7 Å². The molecule has 0 spiro atoms. The predicted octanol–water partition coefficient (Wildman–Crippen LogP) is 2.75. The van der Waals surface area contributed by atoms with Gasteiger partial charge in [0.25, 0.3) is 0 Å². The van der Waals surface area contributed by atoms with E-state index in [4.69, 9.17) is 14.8 Å². The summed E-state index contributed by atoms with van der Waals surface area (Å²) in [6.45, 7) is 0.145. The molecule has 0 atom stereocenters. The van der Waals surface area contributed by atoms with Crippen molar-refractivity contribution in [1.82, 2.24) is 19.3 Å². The number of hydrogen-bond acceptors (Lipinski definition) is 4. The molecule has 2 aromatic carbocycles. The number of aliphatic hydroxyl groups excluding tert-OH is 1. The number of aliphatic hydroxyl groups is 1. The normalized spacial score (nSPS) is 11.1. The summed E-state index contributed by atoms with van der Waals surface area (Å²) in [5, 5.41) is 13.4. The van der Waals surface area contributed by atoms with Crippen LogP contribution < -0.4 is 4.74 Å². The summed E-state index contributed by atoms with van der Waals surface area (Å²) in [4.78, 5) is 4.74. The quantitative estimate of drug-likeness (QED) is 0.609. The van der Waals surface area contributed by atoms with Crippen LogP contribution in [0.3, 0.4) is 0 Å². The van der Waals surface area contributed by atoms with Crippen LogP contribution in [0.1, 0.15) is 5.56 Å². The van der Waals surface area contributed by atoms with Crippen LogP contribution >= 0.6 is 0 Å². The molecular formula is C19H18N4O2. The van der Waals surface area contributed by atoms with Gasteiger partial charge in [-0.1, -0.05) is 12.1 Å². The molecule has 0 bridgehead atoms. The average Bonchev–Trinajstić information content (AvgIpc) is 3.29. The molecule has 1 N–H and O–H groups in total. The van der Waals surface area contributed by atoms with Crippen LogP contribution in [0.4, 0.5) is 0 Å². The smallest absolute Gasteiger partial charge is 0.236 e. The summed E-state index contributed by atoms with van der Waals surface area (Å²) in [7, 11) is 1.65. The van der Waals surface area contributed by atoms with Crippen molar-refractivity contribution in [2.45, 2.75) is 6.42 Å². The van der Waals surface area contributed by atoms with Crippen LogP contribution in [-0.2, 0) is 6.42 Å². The topological polar surface area (TPSA) is 65.1 Å². The van der Waals surface area contributed by atoms with E-state index in [0.29, 0.717) is 12.4 Å². The van der Waals surface area contributed by atoms with Crippen LogP contribution in [0, 0.1) is 0 Å². The number of hydrogen-bond donors (Lipinski definition) is 1. The standard InChI is InChI=1S/C19H18N4O2/c1-25-16-7-8-18-17(13-16)21-19(22-11-2-10-20-22)23(18)15-5-3-14(4-6-15)9-12-24/h2-8,10-11,13,24H,9,12H2,1H3. The molecule has 6 nitrogen and oxygen atoms in total. The zero-order chi connectivity index (χ0) is 17.2. The van der Waals surface area contributed by atoms with E-state index in [9.17, 15) is 0 Å². The van der Waals surface area contributed by atoms with Gasteiger partial charge in [0.15, 0.2) is 0 Å². The fourth-order valence-corrected chi connectivity index (χ4v) is 2.91. The van der Waals surface area contributed by atoms with E-state index in [2.05, 4.69) is 9.67 Å². The molecule has 6 heteroatoms. The third kappa shape index (κ3) is 2.77. The van der Waals surface area contributed by atoms with Crippen molar-refractivity contribution in [1.29, 1.82) is 0 Å². The van der Waals surface area contributed by atoms with Gasteiger partial charge < -0.3 is 9.84 Å². The number of imidazole rings is 1. The molecule has 2 aromatic heterocycles. The lowest BCUT2D eigenvalue weighted by atomic mass is 10.1. The first-order chi connectivity index (χ1) is 12.3. The molecule has 0 aliphatic heterocycles. The lowest BCUT2D eigenvalue weighted by Gasteiger charge is -2.10. The van der Waals surface area contributed by atoms with Crippen molar-refractivity contribution in [3.63, 3.8) is 0 Å². The van der Waals surface area contributed by atoms with Crippen molar-refractivity contribution in [3.05, 3.63) is 66.5 Å². The van der Waals surface area contributed by atoms with E-state index < -0.39 is 0 Å². The van der Waals surface area contributed by atoms with E-state index in [0.717, 1.165) is 28.0 Å². The Morgan fingerprint density at radius 2 is 1.96 bits per heavy atom. The molecular weight excluding hydrogens is 316 g/mol. The predicted molar refractivity (Wildman–Crippen MR) is 95.5 cm³/mol. The minimum atomic E-state index is 0.145. The molecule has 4 aromatic rings. The number of fused-ring (bicyclic) bond motifs is 1. The highest BCUT2D eigenvalue weighted by Gasteiger charge is 2.15. The zero-order valence-corrected chi connectivity index (χ0v) is 13.8. The van der Waals surface area contributed by atoms with Crippen molar-refractivity contribution < 1.29 is 9.84 Å². The van der Waals surface area contributed by atoms with Crippen LogP contribution in [0.5, 0.6) is 5.75 Å². The van der Waals surface area contributed by atoms with Crippen LogP contribution in [0.15, 0.2) is 60.9 Å². The Balaban J connectivity index is 1.92. The number of aromatic nitrogens is 4. The van der Waals surface area contributed by atoms with Crippen LogP contribution in [0.2, 0.25) is 0 Å². The first-order valence-electron chi connectivity index (χ1n) is 8.07. The summed E-state index contributed by atoms with van der Waals surface area (Å²) < 4.78 is 9.12. The Labute approximate surface area is 144 Å². The highest BCUT2D eigenvalue weighted by Crippen LogP contribution is 2.27. The second-order valence-electron chi connectivity index (χ2n) is 5.69. The molecule has 4 rings (SSSR count). The number of nitrogens with zero attached hydrogens (tertiary/aromatic N) is 4. The lowest BCUT2D eigenvalue weighted by molar-refractivity contribution is 0.299. The highest BCUT2D eigenvalue weighted by molar-refractivity contribution is 5.81. The number of rotatable bonds is 5. The van der Waals surface area contributed by atoms with Gasteiger partial charge in [0.1, 0.15) is 5.75 Å². The molecule has 126 valence electrons. The summed E-state index contributed by atoms with van der Waals surface area (Å²) in [6.07, 6.45) is 4.25. The third-order valence-electron chi connectivity index (χ3n) is 4.15. The van der Waals surface area contributed by atoms with E-state index in [-0.39, 0.29) is 6.61 Å². The SMILES string of the molecule is COc1ccc2c(c1)nc(-n1cccn1)n2-c1ccc(CCO)cc1. The highest BCUT2D eigenvalue weighted by atomic mass is 16.5. The van der Waals surface area contributed by atoms with Crippen molar-refractivity contribution >= 4 is 11.0 Å². The monoisotopic (exact) mass is 334 g/mol. The molecule has 0 amide bonds. The van der Waals surface area contributed by atoms with Gasteiger partial charge in [-0.15, -0.1) is 0 Å².